The number of halogens is 1. The number of hydrogen-bond donors (Lipinski definition) is 1. The summed E-state index contributed by atoms with van der Waals surface area (Å²) in [4.78, 5) is 34.2. The number of aromatic nitrogens is 4. The topological polar surface area (TPSA) is 105 Å². The Kier molecular flexibility index (Phi) is 6.83. The number of aryl methyl sites for hydroxylation is 1. The van der Waals surface area contributed by atoms with Gasteiger partial charge in [0, 0.05) is 49.2 Å². The molecule has 1 atom stereocenters. The average molecular weight is 534 g/mol. The highest BCUT2D eigenvalue weighted by Crippen LogP contribution is 2.31. The summed E-state index contributed by atoms with van der Waals surface area (Å²) < 4.78 is 21.7. The number of anilines is 2. The number of nitrogens with zero attached hydrogens (tertiary/aromatic N) is 6. The summed E-state index contributed by atoms with van der Waals surface area (Å²) in [7, 11) is 0. The van der Waals surface area contributed by atoms with Crippen molar-refractivity contribution in [3.05, 3.63) is 59.9 Å². The fourth-order valence-electron chi connectivity index (χ4n) is 4.96. The van der Waals surface area contributed by atoms with Crippen molar-refractivity contribution in [2.24, 2.45) is 0 Å². The molecule has 1 aliphatic rings. The zero-order valence-corrected chi connectivity index (χ0v) is 22.7. The number of rotatable bonds is 4. The lowest BCUT2D eigenvalue weighted by Gasteiger charge is -2.42. The van der Waals surface area contributed by atoms with E-state index in [1.54, 1.807) is 40.9 Å². The maximum Gasteiger partial charge on any atom is 0.410 e. The minimum atomic E-state index is -0.562. The number of nitrogens with one attached hydrogen (secondary N) is 1. The smallest absolute Gasteiger partial charge is 0.410 e. The quantitative estimate of drug-likeness (QED) is 0.401. The van der Waals surface area contributed by atoms with Crippen molar-refractivity contribution in [3.8, 4) is 0 Å². The van der Waals surface area contributed by atoms with Gasteiger partial charge in [0.1, 0.15) is 11.1 Å². The Bertz CT molecular complexity index is 1560. The third-order valence-electron chi connectivity index (χ3n) is 6.71. The summed E-state index contributed by atoms with van der Waals surface area (Å²) in [6.07, 6.45) is 5.36. The molecular formula is C28H32FN7O3. The zero-order chi connectivity index (χ0) is 27.9. The number of imidazole rings is 1. The van der Waals surface area contributed by atoms with Crippen LogP contribution in [0.2, 0.25) is 0 Å². The van der Waals surface area contributed by atoms with Gasteiger partial charge in [0.05, 0.1) is 29.2 Å². The van der Waals surface area contributed by atoms with Gasteiger partial charge in [0.2, 0.25) is 0 Å². The van der Waals surface area contributed by atoms with Gasteiger partial charge in [-0.3, -0.25) is 4.79 Å². The van der Waals surface area contributed by atoms with Gasteiger partial charge in [-0.15, -0.1) is 5.10 Å². The van der Waals surface area contributed by atoms with Crippen LogP contribution in [0.5, 0.6) is 0 Å². The highest BCUT2D eigenvalue weighted by Gasteiger charge is 2.33. The SMILES string of the molecule is CC[C@@H]1CN(c2ccc(C(=O)Nc3cc(F)c4nc(C)cn4c3)c3nnccc23)CCN1C(=O)OC(C)(C)C. The summed E-state index contributed by atoms with van der Waals surface area (Å²) in [5, 5.41) is 11.8. The largest absolute Gasteiger partial charge is 0.444 e. The molecule has 0 aliphatic carbocycles. The summed E-state index contributed by atoms with van der Waals surface area (Å²) in [6, 6.07) is 6.64. The van der Waals surface area contributed by atoms with Crippen LogP contribution in [0, 0.1) is 12.7 Å². The third-order valence-corrected chi connectivity index (χ3v) is 6.71. The predicted octanol–water partition coefficient (Wildman–Crippen LogP) is 4.81. The molecule has 1 saturated heterocycles. The number of carbonyl (C=O) groups is 2. The van der Waals surface area contributed by atoms with Gasteiger partial charge in [-0.25, -0.2) is 14.2 Å². The van der Waals surface area contributed by atoms with Crippen molar-refractivity contribution in [1.82, 2.24) is 24.5 Å². The number of fused-ring (bicyclic) bond motifs is 2. The van der Waals surface area contributed by atoms with E-state index in [1.807, 2.05) is 39.8 Å². The molecule has 4 aromatic rings. The van der Waals surface area contributed by atoms with E-state index in [4.69, 9.17) is 4.74 Å². The minimum Gasteiger partial charge on any atom is -0.444 e. The van der Waals surface area contributed by atoms with Crippen molar-refractivity contribution in [3.63, 3.8) is 0 Å². The molecule has 2 amide bonds. The van der Waals surface area contributed by atoms with E-state index in [0.717, 1.165) is 17.5 Å². The second kappa shape index (κ2) is 10.1. The summed E-state index contributed by atoms with van der Waals surface area (Å²) >= 11 is 0. The Morgan fingerprint density at radius 2 is 1.97 bits per heavy atom. The lowest BCUT2D eigenvalue weighted by Crippen LogP contribution is -2.56. The van der Waals surface area contributed by atoms with E-state index in [0.29, 0.717) is 42.1 Å². The number of ether oxygens (including phenoxy) is 1. The van der Waals surface area contributed by atoms with Crippen molar-refractivity contribution in [1.29, 1.82) is 0 Å². The van der Waals surface area contributed by atoms with Crippen LogP contribution in [0.3, 0.4) is 0 Å². The normalized spacial score (nSPS) is 16.1. The van der Waals surface area contributed by atoms with E-state index in [1.165, 1.54) is 6.07 Å². The first-order valence-electron chi connectivity index (χ1n) is 13.0. The molecule has 1 aliphatic heterocycles. The fraction of sp³-hybridized carbons (Fsp3) is 0.393. The molecule has 4 heterocycles. The molecule has 204 valence electrons. The number of hydrogen-bond acceptors (Lipinski definition) is 7. The molecule has 0 saturated carbocycles. The number of benzene rings is 1. The highest BCUT2D eigenvalue weighted by atomic mass is 19.1. The molecular weight excluding hydrogens is 501 g/mol. The second-order valence-electron chi connectivity index (χ2n) is 10.8. The molecule has 1 fully saturated rings. The predicted molar refractivity (Wildman–Crippen MR) is 147 cm³/mol. The minimum absolute atomic E-state index is 0.0296. The first-order chi connectivity index (χ1) is 18.5. The fourth-order valence-corrected chi connectivity index (χ4v) is 4.96. The zero-order valence-electron chi connectivity index (χ0n) is 22.7. The van der Waals surface area contributed by atoms with Gasteiger partial charge in [-0.1, -0.05) is 6.92 Å². The van der Waals surface area contributed by atoms with Crippen LogP contribution in [0.25, 0.3) is 16.6 Å². The van der Waals surface area contributed by atoms with Crippen molar-refractivity contribution in [2.75, 3.05) is 29.9 Å². The van der Waals surface area contributed by atoms with Crippen LogP contribution in [0.4, 0.5) is 20.6 Å². The van der Waals surface area contributed by atoms with Crippen LogP contribution in [-0.2, 0) is 4.74 Å². The number of carbonyl (C=O) groups excluding carboxylic acids is 2. The Morgan fingerprint density at radius 1 is 1.18 bits per heavy atom. The maximum atomic E-state index is 14.5. The molecule has 0 unspecified atom stereocenters. The second-order valence-corrected chi connectivity index (χ2v) is 10.8. The molecule has 0 radical (unpaired) electrons. The Morgan fingerprint density at radius 3 is 2.72 bits per heavy atom. The number of amides is 2. The lowest BCUT2D eigenvalue weighted by molar-refractivity contribution is 0.0137. The van der Waals surface area contributed by atoms with Crippen LogP contribution >= 0.6 is 0 Å². The van der Waals surface area contributed by atoms with E-state index < -0.39 is 17.3 Å². The van der Waals surface area contributed by atoms with Crippen LogP contribution in [0.15, 0.2) is 42.9 Å². The Balaban J connectivity index is 1.40. The summed E-state index contributed by atoms with van der Waals surface area (Å²) in [5.41, 5.74) is 2.27. The molecule has 39 heavy (non-hydrogen) atoms. The van der Waals surface area contributed by atoms with Crippen molar-refractivity contribution in [2.45, 2.75) is 52.7 Å². The molecule has 5 rings (SSSR count). The van der Waals surface area contributed by atoms with Gasteiger partial charge in [-0.05, 0) is 52.3 Å². The third kappa shape index (κ3) is 5.34. The molecule has 0 bridgehead atoms. The van der Waals surface area contributed by atoms with Gasteiger partial charge in [0.25, 0.3) is 5.91 Å². The van der Waals surface area contributed by atoms with Gasteiger partial charge >= 0.3 is 6.09 Å². The standard InChI is InChI=1S/C28H32FN7O3/c1-6-19-16-34(11-12-36(19)27(38)39-28(3,4)5)23-8-7-21(24-20(23)9-10-30-33-24)26(37)32-18-13-22(29)25-31-17(2)14-35(25)15-18/h7-10,13-15,19H,6,11-12,16H2,1-5H3,(H,32,37)/t19-/m1/s1. The van der Waals surface area contributed by atoms with E-state index >= 15 is 0 Å². The van der Waals surface area contributed by atoms with Crippen LogP contribution in [-0.4, -0.2) is 67.8 Å². The molecule has 0 spiro atoms. The first-order valence-corrected chi connectivity index (χ1v) is 13.0. The van der Waals surface area contributed by atoms with Gasteiger partial charge < -0.3 is 24.3 Å². The number of piperazine rings is 1. The first kappa shape index (κ1) is 26.3. The molecule has 3 aromatic heterocycles. The highest BCUT2D eigenvalue weighted by molar-refractivity contribution is 6.13. The van der Waals surface area contributed by atoms with Crippen molar-refractivity contribution < 1.29 is 18.7 Å². The van der Waals surface area contributed by atoms with E-state index in [-0.39, 0.29) is 17.8 Å². The van der Waals surface area contributed by atoms with Crippen molar-refractivity contribution >= 4 is 39.9 Å². The molecule has 1 N–H and O–H groups in total. The lowest BCUT2D eigenvalue weighted by atomic mass is 10.0. The van der Waals surface area contributed by atoms with Crippen LogP contribution in [0.1, 0.15) is 50.2 Å². The molecule has 1 aromatic carbocycles. The van der Waals surface area contributed by atoms with Gasteiger partial charge in [0.15, 0.2) is 11.5 Å². The summed E-state index contributed by atoms with van der Waals surface area (Å²) in [5.74, 6) is -0.958. The monoisotopic (exact) mass is 533 g/mol. The summed E-state index contributed by atoms with van der Waals surface area (Å²) in [6.45, 7) is 11.1. The van der Waals surface area contributed by atoms with Gasteiger partial charge in [-0.2, -0.15) is 5.10 Å². The maximum absolute atomic E-state index is 14.5. The van der Waals surface area contributed by atoms with Crippen LogP contribution < -0.4 is 10.2 Å². The molecule has 11 heteroatoms. The molecule has 10 nitrogen and oxygen atoms in total. The number of pyridine rings is 1. The Labute approximate surface area is 225 Å². The van der Waals surface area contributed by atoms with E-state index in [2.05, 4.69) is 25.4 Å². The van der Waals surface area contributed by atoms with E-state index in [9.17, 15) is 14.0 Å². The average Bonchev–Trinajstić information content (AvgIpc) is 3.27. The Hall–Kier alpha value is -4.28.